The van der Waals surface area contributed by atoms with Gasteiger partial charge in [0.05, 0.1) is 18.2 Å². The van der Waals surface area contributed by atoms with Crippen LogP contribution in [0.3, 0.4) is 0 Å². The maximum atomic E-state index is 12.3. The lowest BCUT2D eigenvalue weighted by Crippen LogP contribution is -2.12. The number of hydrogen-bond acceptors (Lipinski definition) is 3. The molecule has 0 fully saturated rings. The first-order valence-electron chi connectivity index (χ1n) is 7.37. The molecule has 1 N–H and O–H groups in total. The number of hydrogen-bond donors (Lipinski definition) is 1. The Morgan fingerprint density at radius 2 is 2.00 bits per heavy atom. The Hall–Kier alpha value is -2.01. The van der Waals surface area contributed by atoms with Crippen molar-refractivity contribution in [2.75, 3.05) is 19.0 Å². The molecule has 4 nitrogen and oxygen atoms in total. The number of rotatable bonds is 6. The summed E-state index contributed by atoms with van der Waals surface area (Å²) in [6, 6.07) is 12.6. The average Bonchev–Trinajstić information content (AvgIpc) is 2.53. The van der Waals surface area contributed by atoms with Gasteiger partial charge in [-0.1, -0.05) is 19.9 Å². The second-order valence-electron chi connectivity index (χ2n) is 5.54. The van der Waals surface area contributed by atoms with Crippen molar-refractivity contribution in [2.24, 2.45) is 5.92 Å². The molecule has 0 aromatic heterocycles. The molecule has 2 aromatic rings. The van der Waals surface area contributed by atoms with Gasteiger partial charge in [0.15, 0.2) is 0 Å². The zero-order chi connectivity index (χ0) is 16.8. The summed E-state index contributed by atoms with van der Waals surface area (Å²) in [4.78, 5) is 12.3. The van der Waals surface area contributed by atoms with Crippen molar-refractivity contribution in [3.8, 4) is 11.5 Å². The van der Waals surface area contributed by atoms with Gasteiger partial charge in [-0.05, 0) is 52.2 Å². The maximum Gasteiger partial charge on any atom is 0.255 e. The summed E-state index contributed by atoms with van der Waals surface area (Å²) in [6.45, 7) is 4.82. The van der Waals surface area contributed by atoms with Gasteiger partial charge in [0.25, 0.3) is 5.91 Å². The number of methoxy groups -OCH3 is 1. The van der Waals surface area contributed by atoms with Gasteiger partial charge in [-0.2, -0.15) is 0 Å². The molecule has 0 radical (unpaired) electrons. The molecule has 0 aliphatic rings. The number of nitrogens with one attached hydrogen (secondary N) is 1. The molecule has 0 saturated heterocycles. The highest BCUT2D eigenvalue weighted by Crippen LogP contribution is 2.26. The largest absolute Gasteiger partial charge is 0.496 e. The molecule has 0 heterocycles. The van der Waals surface area contributed by atoms with E-state index in [1.165, 1.54) is 0 Å². The molecule has 0 saturated carbocycles. The van der Waals surface area contributed by atoms with Crippen molar-refractivity contribution in [3.63, 3.8) is 0 Å². The number of ether oxygens (including phenoxy) is 2. The molecule has 122 valence electrons. The fraction of sp³-hybridized carbons (Fsp3) is 0.278. The number of carbonyl (C=O) groups excluding carboxylic acids is 1. The first-order chi connectivity index (χ1) is 11.0. The van der Waals surface area contributed by atoms with Gasteiger partial charge < -0.3 is 14.8 Å². The Morgan fingerprint density at radius 3 is 2.65 bits per heavy atom. The molecule has 2 rings (SSSR count). The minimum absolute atomic E-state index is 0.186. The number of benzene rings is 2. The molecule has 23 heavy (non-hydrogen) atoms. The Bertz CT molecular complexity index is 686. The van der Waals surface area contributed by atoms with E-state index in [0.29, 0.717) is 29.5 Å². The highest BCUT2D eigenvalue weighted by molar-refractivity contribution is 9.10. The molecule has 2 aromatic carbocycles. The van der Waals surface area contributed by atoms with Gasteiger partial charge in [0, 0.05) is 17.3 Å². The van der Waals surface area contributed by atoms with Crippen molar-refractivity contribution in [2.45, 2.75) is 13.8 Å². The van der Waals surface area contributed by atoms with E-state index in [9.17, 15) is 4.79 Å². The normalized spacial score (nSPS) is 10.5. The fourth-order valence-corrected chi connectivity index (χ4v) is 2.48. The van der Waals surface area contributed by atoms with Crippen LogP contribution >= 0.6 is 15.9 Å². The number of amides is 1. The van der Waals surface area contributed by atoms with Gasteiger partial charge in [0.1, 0.15) is 11.5 Å². The highest BCUT2D eigenvalue weighted by Gasteiger charge is 2.10. The van der Waals surface area contributed by atoms with E-state index in [4.69, 9.17) is 9.47 Å². The summed E-state index contributed by atoms with van der Waals surface area (Å²) in [5.74, 6) is 1.69. The van der Waals surface area contributed by atoms with Crippen LogP contribution in [0.25, 0.3) is 0 Å². The minimum Gasteiger partial charge on any atom is -0.496 e. The van der Waals surface area contributed by atoms with Gasteiger partial charge in [-0.3, -0.25) is 4.79 Å². The van der Waals surface area contributed by atoms with Crippen LogP contribution in [0.2, 0.25) is 0 Å². The van der Waals surface area contributed by atoms with Crippen molar-refractivity contribution in [1.82, 2.24) is 0 Å². The van der Waals surface area contributed by atoms with Crippen LogP contribution in [-0.2, 0) is 0 Å². The van der Waals surface area contributed by atoms with Crippen molar-refractivity contribution in [3.05, 3.63) is 52.5 Å². The van der Waals surface area contributed by atoms with E-state index in [0.717, 1.165) is 10.2 Å². The fourth-order valence-electron chi connectivity index (χ4n) is 1.94. The molecule has 0 aliphatic heterocycles. The second-order valence-corrected chi connectivity index (χ2v) is 6.39. The smallest absolute Gasteiger partial charge is 0.255 e. The van der Waals surface area contributed by atoms with Crippen LogP contribution in [0.15, 0.2) is 46.9 Å². The number of carbonyl (C=O) groups is 1. The maximum absolute atomic E-state index is 12.3. The highest BCUT2D eigenvalue weighted by atomic mass is 79.9. The van der Waals surface area contributed by atoms with E-state index in [1.807, 2.05) is 24.3 Å². The first-order valence-corrected chi connectivity index (χ1v) is 8.16. The number of halogens is 1. The minimum atomic E-state index is -0.186. The molecule has 0 unspecified atom stereocenters. The van der Waals surface area contributed by atoms with Crippen molar-refractivity contribution in [1.29, 1.82) is 0 Å². The summed E-state index contributed by atoms with van der Waals surface area (Å²) in [6.07, 6.45) is 0. The predicted octanol–water partition coefficient (Wildman–Crippen LogP) is 4.74. The standard InChI is InChI=1S/C18H20BrNO3/c1-12(2)11-23-15-6-4-5-14(10-15)20-18(21)13-7-8-17(22-3)16(19)9-13/h4-10,12H,11H2,1-3H3,(H,20,21). The third-order valence-corrected chi connectivity index (χ3v) is 3.71. The molecular formula is C18H20BrNO3. The van der Waals surface area contributed by atoms with E-state index in [2.05, 4.69) is 35.1 Å². The van der Waals surface area contributed by atoms with Gasteiger partial charge in [-0.25, -0.2) is 0 Å². The monoisotopic (exact) mass is 377 g/mol. The summed E-state index contributed by atoms with van der Waals surface area (Å²) in [5, 5.41) is 2.87. The first kappa shape index (κ1) is 17.3. The molecule has 5 heteroatoms. The van der Waals surface area contributed by atoms with Gasteiger partial charge in [-0.15, -0.1) is 0 Å². The molecule has 1 amide bonds. The Labute approximate surface area is 144 Å². The second kappa shape index (κ2) is 8.02. The lowest BCUT2D eigenvalue weighted by Gasteiger charge is -2.11. The van der Waals surface area contributed by atoms with Crippen molar-refractivity contribution >= 4 is 27.5 Å². The zero-order valence-corrected chi connectivity index (χ0v) is 15.0. The predicted molar refractivity (Wildman–Crippen MR) is 95.4 cm³/mol. The van der Waals surface area contributed by atoms with Crippen LogP contribution in [-0.4, -0.2) is 19.6 Å². The Balaban J connectivity index is 2.08. The summed E-state index contributed by atoms with van der Waals surface area (Å²) < 4.78 is 11.6. The lowest BCUT2D eigenvalue weighted by molar-refractivity contribution is 0.102. The zero-order valence-electron chi connectivity index (χ0n) is 13.4. The molecule has 0 atom stereocenters. The quantitative estimate of drug-likeness (QED) is 0.790. The average molecular weight is 378 g/mol. The van der Waals surface area contributed by atoms with Crippen LogP contribution in [0.1, 0.15) is 24.2 Å². The molecule has 0 spiro atoms. The topological polar surface area (TPSA) is 47.6 Å². The third-order valence-electron chi connectivity index (χ3n) is 3.09. The van der Waals surface area contributed by atoms with Crippen LogP contribution in [0.5, 0.6) is 11.5 Å². The van der Waals surface area contributed by atoms with Gasteiger partial charge in [0.2, 0.25) is 0 Å². The van der Waals surface area contributed by atoms with E-state index >= 15 is 0 Å². The SMILES string of the molecule is COc1ccc(C(=O)Nc2cccc(OCC(C)C)c2)cc1Br. The summed E-state index contributed by atoms with van der Waals surface area (Å²) >= 11 is 3.38. The van der Waals surface area contributed by atoms with E-state index in [1.54, 1.807) is 25.3 Å². The Morgan fingerprint density at radius 1 is 1.22 bits per heavy atom. The molecular weight excluding hydrogens is 358 g/mol. The van der Waals surface area contributed by atoms with Crippen LogP contribution < -0.4 is 14.8 Å². The third kappa shape index (κ3) is 4.99. The summed E-state index contributed by atoms with van der Waals surface area (Å²) in [7, 11) is 1.59. The van der Waals surface area contributed by atoms with E-state index < -0.39 is 0 Å². The van der Waals surface area contributed by atoms with Crippen LogP contribution in [0.4, 0.5) is 5.69 Å². The van der Waals surface area contributed by atoms with E-state index in [-0.39, 0.29) is 5.91 Å². The molecule has 0 bridgehead atoms. The number of anilines is 1. The summed E-state index contributed by atoms with van der Waals surface area (Å²) in [5.41, 5.74) is 1.24. The Kier molecular flexibility index (Phi) is 6.04. The van der Waals surface area contributed by atoms with Crippen LogP contribution in [0, 0.1) is 5.92 Å². The molecule has 0 aliphatic carbocycles. The lowest BCUT2D eigenvalue weighted by atomic mass is 10.2. The van der Waals surface area contributed by atoms with Crippen molar-refractivity contribution < 1.29 is 14.3 Å². The van der Waals surface area contributed by atoms with Gasteiger partial charge >= 0.3 is 0 Å².